The molecule has 0 aliphatic carbocycles. The third-order valence-electron chi connectivity index (χ3n) is 2.50. The Balaban J connectivity index is 4.21. The van der Waals surface area contributed by atoms with Crippen molar-refractivity contribution in [1.82, 2.24) is 0 Å². The van der Waals surface area contributed by atoms with Gasteiger partial charge in [-0.05, 0) is 6.92 Å². The number of carboxylic acid groups (broad SMARTS) is 2. The molecule has 0 spiro atoms. The van der Waals surface area contributed by atoms with E-state index < -0.39 is 30.3 Å². The number of hydrogen-bond acceptors (Lipinski definition) is 6. The Morgan fingerprint density at radius 2 is 1.38 bits per heavy atom. The standard InChI is InChI=1S/C13H24O8/c1-9(21-11(8-19-3)5-13(16)17)6-20-10(7-18-2)4-12(14)15/h9-11H,4-8H2,1-3H3,(H,14,15)(H,16,17). The molecule has 8 heteroatoms. The van der Waals surface area contributed by atoms with Crippen LogP contribution in [0, 0.1) is 0 Å². The molecular weight excluding hydrogens is 284 g/mol. The predicted molar refractivity (Wildman–Crippen MR) is 72.3 cm³/mol. The lowest BCUT2D eigenvalue weighted by Crippen LogP contribution is -2.32. The van der Waals surface area contributed by atoms with E-state index in [1.54, 1.807) is 6.92 Å². The van der Waals surface area contributed by atoms with Gasteiger partial charge in [-0.2, -0.15) is 0 Å². The van der Waals surface area contributed by atoms with Crippen molar-refractivity contribution in [1.29, 1.82) is 0 Å². The van der Waals surface area contributed by atoms with Crippen molar-refractivity contribution in [2.75, 3.05) is 34.0 Å². The fourth-order valence-corrected chi connectivity index (χ4v) is 1.71. The molecule has 0 aliphatic rings. The number of rotatable bonds is 13. The summed E-state index contributed by atoms with van der Waals surface area (Å²) >= 11 is 0. The van der Waals surface area contributed by atoms with Gasteiger partial charge in [-0.3, -0.25) is 9.59 Å². The lowest BCUT2D eigenvalue weighted by Gasteiger charge is -2.23. The second-order valence-corrected chi connectivity index (χ2v) is 4.63. The molecule has 2 N–H and O–H groups in total. The lowest BCUT2D eigenvalue weighted by atomic mass is 10.2. The first-order valence-corrected chi connectivity index (χ1v) is 6.57. The summed E-state index contributed by atoms with van der Waals surface area (Å²) in [5, 5.41) is 17.5. The molecule has 0 aromatic rings. The molecular formula is C13H24O8. The summed E-state index contributed by atoms with van der Waals surface area (Å²) in [6, 6.07) is 0. The summed E-state index contributed by atoms with van der Waals surface area (Å²) in [5.41, 5.74) is 0. The van der Waals surface area contributed by atoms with Gasteiger partial charge >= 0.3 is 11.9 Å². The molecule has 0 aromatic heterocycles. The summed E-state index contributed by atoms with van der Waals surface area (Å²) in [5.74, 6) is -1.96. The molecule has 0 aromatic carbocycles. The van der Waals surface area contributed by atoms with Crippen LogP contribution in [-0.2, 0) is 28.5 Å². The quantitative estimate of drug-likeness (QED) is 0.502. The lowest BCUT2D eigenvalue weighted by molar-refractivity contribution is -0.149. The van der Waals surface area contributed by atoms with Crippen LogP contribution in [0.1, 0.15) is 19.8 Å². The molecule has 124 valence electrons. The van der Waals surface area contributed by atoms with Gasteiger partial charge in [-0.25, -0.2) is 0 Å². The SMILES string of the molecule is COCC(CC(=O)O)OCC(C)OC(COC)CC(=O)O. The Hall–Kier alpha value is -1.22. The average molecular weight is 308 g/mol. The van der Waals surface area contributed by atoms with Crippen LogP contribution >= 0.6 is 0 Å². The molecule has 0 saturated carbocycles. The van der Waals surface area contributed by atoms with Crippen molar-refractivity contribution in [3.05, 3.63) is 0 Å². The molecule has 0 radical (unpaired) electrons. The summed E-state index contributed by atoms with van der Waals surface area (Å²) in [6.45, 7) is 2.18. The predicted octanol–water partition coefficient (Wildman–Crippen LogP) is 0.388. The monoisotopic (exact) mass is 308 g/mol. The van der Waals surface area contributed by atoms with Gasteiger partial charge in [0.25, 0.3) is 0 Å². The summed E-state index contributed by atoms with van der Waals surface area (Å²) in [4.78, 5) is 21.4. The zero-order valence-electron chi connectivity index (χ0n) is 12.6. The number of hydrogen-bond donors (Lipinski definition) is 2. The van der Waals surface area contributed by atoms with E-state index >= 15 is 0 Å². The first kappa shape index (κ1) is 19.8. The molecule has 0 saturated heterocycles. The van der Waals surface area contributed by atoms with Crippen molar-refractivity contribution < 1.29 is 38.7 Å². The number of carboxylic acids is 2. The largest absolute Gasteiger partial charge is 0.481 e. The van der Waals surface area contributed by atoms with E-state index in [0.29, 0.717) is 0 Å². The number of aliphatic carboxylic acids is 2. The molecule has 0 bridgehead atoms. The maximum absolute atomic E-state index is 10.7. The highest BCUT2D eigenvalue weighted by Crippen LogP contribution is 2.07. The van der Waals surface area contributed by atoms with Crippen molar-refractivity contribution in [2.24, 2.45) is 0 Å². The van der Waals surface area contributed by atoms with E-state index in [2.05, 4.69) is 0 Å². The number of methoxy groups -OCH3 is 2. The second kappa shape index (κ2) is 11.4. The molecule has 0 fully saturated rings. The third kappa shape index (κ3) is 11.1. The first-order valence-electron chi connectivity index (χ1n) is 6.57. The highest BCUT2D eigenvalue weighted by Gasteiger charge is 2.19. The highest BCUT2D eigenvalue weighted by atomic mass is 16.6. The minimum atomic E-state index is -0.978. The molecule has 3 atom stereocenters. The van der Waals surface area contributed by atoms with Gasteiger partial charge < -0.3 is 29.2 Å². The van der Waals surface area contributed by atoms with Crippen molar-refractivity contribution >= 4 is 11.9 Å². The molecule has 0 amide bonds. The van der Waals surface area contributed by atoms with Crippen LogP contribution in [0.2, 0.25) is 0 Å². The molecule has 0 aliphatic heterocycles. The van der Waals surface area contributed by atoms with Crippen LogP contribution in [-0.4, -0.2) is 74.5 Å². The highest BCUT2D eigenvalue weighted by molar-refractivity contribution is 5.67. The topological polar surface area (TPSA) is 112 Å². The van der Waals surface area contributed by atoms with E-state index in [1.165, 1.54) is 14.2 Å². The Morgan fingerprint density at radius 1 is 0.905 bits per heavy atom. The average Bonchev–Trinajstić information content (AvgIpc) is 2.35. The molecule has 8 nitrogen and oxygen atoms in total. The minimum absolute atomic E-state index is 0.140. The Morgan fingerprint density at radius 3 is 1.86 bits per heavy atom. The summed E-state index contributed by atoms with van der Waals surface area (Å²) in [6.07, 6.45) is -1.88. The third-order valence-corrected chi connectivity index (χ3v) is 2.50. The first-order chi connectivity index (χ1) is 9.88. The molecule has 21 heavy (non-hydrogen) atoms. The van der Waals surface area contributed by atoms with Gasteiger partial charge in [0.15, 0.2) is 0 Å². The van der Waals surface area contributed by atoms with E-state index in [9.17, 15) is 9.59 Å². The van der Waals surface area contributed by atoms with E-state index in [0.717, 1.165) is 0 Å². The van der Waals surface area contributed by atoms with Crippen LogP contribution in [0.15, 0.2) is 0 Å². The zero-order valence-corrected chi connectivity index (χ0v) is 12.6. The summed E-state index contributed by atoms with van der Waals surface area (Å²) < 4.78 is 20.7. The van der Waals surface area contributed by atoms with Crippen LogP contribution in [0.5, 0.6) is 0 Å². The molecule has 0 rings (SSSR count). The summed E-state index contributed by atoms with van der Waals surface area (Å²) in [7, 11) is 2.92. The molecule has 0 heterocycles. The van der Waals surface area contributed by atoms with Gasteiger partial charge in [-0.1, -0.05) is 0 Å². The number of carbonyl (C=O) groups is 2. The van der Waals surface area contributed by atoms with Crippen LogP contribution in [0.3, 0.4) is 0 Å². The van der Waals surface area contributed by atoms with E-state index in [1.807, 2.05) is 0 Å². The van der Waals surface area contributed by atoms with Gasteiger partial charge in [0.2, 0.25) is 0 Å². The van der Waals surface area contributed by atoms with Gasteiger partial charge in [0, 0.05) is 14.2 Å². The van der Waals surface area contributed by atoms with Crippen LogP contribution in [0.4, 0.5) is 0 Å². The maximum Gasteiger partial charge on any atom is 0.306 e. The van der Waals surface area contributed by atoms with Gasteiger partial charge in [-0.15, -0.1) is 0 Å². The minimum Gasteiger partial charge on any atom is -0.481 e. The van der Waals surface area contributed by atoms with E-state index in [4.69, 9.17) is 29.2 Å². The Kier molecular flexibility index (Phi) is 10.8. The number of ether oxygens (including phenoxy) is 4. The van der Waals surface area contributed by atoms with E-state index in [-0.39, 0.29) is 32.7 Å². The van der Waals surface area contributed by atoms with Crippen molar-refractivity contribution in [3.63, 3.8) is 0 Å². The van der Waals surface area contributed by atoms with Crippen molar-refractivity contribution in [3.8, 4) is 0 Å². The van der Waals surface area contributed by atoms with Crippen LogP contribution in [0.25, 0.3) is 0 Å². The fraction of sp³-hybridized carbons (Fsp3) is 0.846. The Bertz CT molecular complexity index is 307. The zero-order chi connectivity index (χ0) is 16.3. The van der Waals surface area contributed by atoms with Gasteiger partial charge in [0.1, 0.15) is 0 Å². The molecule has 3 unspecified atom stereocenters. The Labute approximate surface area is 123 Å². The maximum atomic E-state index is 10.7. The van der Waals surface area contributed by atoms with Crippen molar-refractivity contribution in [2.45, 2.75) is 38.1 Å². The van der Waals surface area contributed by atoms with Gasteiger partial charge in [0.05, 0.1) is 51.0 Å². The smallest absolute Gasteiger partial charge is 0.306 e. The van der Waals surface area contributed by atoms with Crippen LogP contribution < -0.4 is 0 Å². The second-order valence-electron chi connectivity index (χ2n) is 4.63. The normalized spacial score (nSPS) is 15.4. The fourth-order valence-electron chi connectivity index (χ4n) is 1.71.